The lowest BCUT2D eigenvalue weighted by Gasteiger charge is -2.25. The molecule has 2 amide bonds. The molecule has 0 saturated carbocycles. The monoisotopic (exact) mass is 444 g/mol. The van der Waals surface area contributed by atoms with Gasteiger partial charge in [-0.3, -0.25) is 14.5 Å². The molecule has 4 rings (SSSR count). The van der Waals surface area contributed by atoms with Crippen LogP contribution in [0.2, 0.25) is 0 Å². The number of carbonyl (C=O) groups excluding carboxylic acids is 2. The fourth-order valence-corrected chi connectivity index (χ4v) is 4.00. The zero-order valence-corrected chi connectivity index (χ0v) is 18.7. The summed E-state index contributed by atoms with van der Waals surface area (Å²) in [6.07, 6.45) is 2.29. The van der Waals surface area contributed by atoms with E-state index in [-0.39, 0.29) is 18.4 Å². The number of benzene rings is 3. The summed E-state index contributed by atoms with van der Waals surface area (Å²) in [6.45, 7) is 0.586. The Morgan fingerprint density at radius 1 is 1.03 bits per heavy atom. The van der Waals surface area contributed by atoms with Crippen molar-refractivity contribution >= 4 is 17.5 Å². The Bertz CT molecular complexity index is 1100. The second-order valence-electron chi connectivity index (χ2n) is 7.92. The standard InChI is InChI=1S/C27H28N2O4/c1-32-24-16-6-5-15-23(24)29-25(30)19-33-27(29)22-14-9-13-21(18-22)26(31)28-17-8-7-12-20-10-3-2-4-11-20/h2-6,9-11,13-16,18,27H,7-8,12,17,19H2,1H3,(H,28,31). The molecule has 1 aliphatic heterocycles. The van der Waals surface area contributed by atoms with Crippen LogP contribution in [0.15, 0.2) is 78.9 Å². The van der Waals surface area contributed by atoms with E-state index in [9.17, 15) is 9.59 Å². The van der Waals surface area contributed by atoms with E-state index >= 15 is 0 Å². The number of methoxy groups -OCH3 is 1. The van der Waals surface area contributed by atoms with Crippen LogP contribution in [-0.4, -0.2) is 32.1 Å². The molecule has 0 radical (unpaired) electrons. The Hall–Kier alpha value is -3.64. The van der Waals surface area contributed by atoms with Crippen LogP contribution in [-0.2, 0) is 16.0 Å². The largest absolute Gasteiger partial charge is 0.495 e. The molecular weight excluding hydrogens is 416 g/mol. The second-order valence-corrected chi connectivity index (χ2v) is 7.92. The van der Waals surface area contributed by atoms with Crippen LogP contribution >= 0.6 is 0 Å². The summed E-state index contributed by atoms with van der Waals surface area (Å²) in [5.41, 5.74) is 3.23. The molecule has 33 heavy (non-hydrogen) atoms. The minimum absolute atomic E-state index is 0.0272. The van der Waals surface area contributed by atoms with Crippen LogP contribution in [0.5, 0.6) is 5.75 Å². The molecule has 6 nitrogen and oxygen atoms in total. The molecule has 1 fully saturated rings. The van der Waals surface area contributed by atoms with E-state index in [4.69, 9.17) is 9.47 Å². The molecule has 1 atom stereocenters. The zero-order valence-electron chi connectivity index (χ0n) is 18.7. The van der Waals surface area contributed by atoms with E-state index in [1.54, 1.807) is 30.2 Å². The smallest absolute Gasteiger partial charge is 0.255 e. The zero-order chi connectivity index (χ0) is 23.0. The lowest BCUT2D eigenvalue weighted by molar-refractivity contribution is -0.117. The molecule has 0 aliphatic carbocycles. The minimum Gasteiger partial charge on any atom is -0.495 e. The number of hydrogen-bond acceptors (Lipinski definition) is 4. The van der Waals surface area contributed by atoms with Gasteiger partial charge in [-0.25, -0.2) is 0 Å². The highest BCUT2D eigenvalue weighted by molar-refractivity contribution is 5.98. The van der Waals surface area contributed by atoms with Crippen LogP contribution in [0.3, 0.4) is 0 Å². The molecule has 1 saturated heterocycles. The highest BCUT2D eigenvalue weighted by atomic mass is 16.5. The van der Waals surface area contributed by atoms with Gasteiger partial charge in [-0.15, -0.1) is 0 Å². The number of rotatable bonds is 9. The van der Waals surface area contributed by atoms with Crippen molar-refractivity contribution in [2.75, 3.05) is 25.2 Å². The first-order valence-electron chi connectivity index (χ1n) is 11.2. The Labute approximate surface area is 194 Å². The van der Waals surface area contributed by atoms with Gasteiger partial charge in [0.2, 0.25) is 0 Å². The Balaban J connectivity index is 1.39. The maximum atomic E-state index is 12.7. The molecule has 170 valence electrons. The highest BCUT2D eigenvalue weighted by Crippen LogP contribution is 2.38. The number of nitrogens with one attached hydrogen (secondary N) is 1. The van der Waals surface area contributed by atoms with Gasteiger partial charge in [0, 0.05) is 17.7 Å². The lowest BCUT2D eigenvalue weighted by atomic mass is 10.1. The molecule has 1 heterocycles. The third-order valence-corrected chi connectivity index (χ3v) is 5.67. The summed E-state index contributed by atoms with van der Waals surface area (Å²) in [5, 5.41) is 2.99. The van der Waals surface area contributed by atoms with E-state index in [2.05, 4.69) is 17.4 Å². The predicted molar refractivity (Wildman–Crippen MR) is 127 cm³/mol. The molecule has 3 aromatic rings. The van der Waals surface area contributed by atoms with Crippen LogP contribution in [0.4, 0.5) is 5.69 Å². The second kappa shape index (κ2) is 10.8. The predicted octanol–water partition coefficient (Wildman–Crippen LogP) is 4.51. The van der Waals surface area contributed by atoms with Crippen molar-refractivity contribution in [3.05, 3.63) is 95.6 Å². The van der Waals surface area contributed by atoms with Crippen molar-refractivity contribution in [2.45, 2.75) is 25.5 Å². The average Bonchev–Trinajstić information content (AvgIpc) is 3.25. The number of hydrogen-bond donors (Lipinski definition) is 1. The van der Waals surface area contributed by atoms with E-state index in [0.717, 1.165) is 24.8 Å². The van der Waals surface area contributed by atoms with E-state index in [1.165, 1.54) is 5.56 Å². The number of unbranched alkanes of at least 4 members (excludes halogenated alkanes) is 1. The number of ether oxygens (including phenoxy) is 2. The maximum absolute atomic E-state index is 12.7. The van der Waals surface area contributed by atoms with Crippen molar-refractivity contribution in [3.63, 3.8) is 0 Å². The highest BCUT2D eigenvalue weighted by Gasteiger charge is 2.36. The first-order chi connectivity index (χ1) is 16.2. The number of aryl methyl sites for hydroxylation is 1. The molecule has 3 aromatic carbocycles. The Morgan fingerprint density at radius 2 is 1.82 bits per heavy atom. The van der Waals surface area contributed by atoms with Crippen molar-refractivity contribution in [3.8, 4) is 5.75 Å². The third kappa shape index (κ3) is 5.41. The third-order valence-electron chi connectivity index (χ3n) is 5.67. The van der Waals surface area contributed by atoms with Gasteiger partial charge in [0.1, 0.15) is 12.4 Å². The summed E-state index contributed by atoms with van der Waals surface area (Å²) in [4.78, 5) is 26.9. The van der Waals surface area contributed by atoms with Gasteiger partial charge in [-0.1, -0.05) is 54.6 Å². The van der Waals surface area contributed by atoms with Gasteiger partial charge in [-0.05, 0) is 49.1 Å². The topological polar surface area (TPSA) is 67.9 Å². The number of carbonyl (C=O) groups is 2. The van der Waals surface area contributed by atoms with Crippen molar-refractivity contribution < 1.29 is 19.1 Å². The van der Waals surface area contributed by atoms with E-state index in [0.29, 0.717) is 23.5 Å². The summed E-state index contributed by atoms with van der Waals surface area (Å²) >= 11 is 0. The number of nitrogens with zero attached hydrogens (tertiary/aromatic N) is 1. The fraction of sp³-hybridized carbons (Fsp3) is 0.259. The Kier molecular flexibility index (Phi) is 7.37. The SMILES string of the molecule is COc1ccccc1N1C(=O)COC1c1cccc(C(=O)NCCCCc2ccccc2)c1. The summed E-state index contributed by atoms with van der Waals surface area (Å²) < 4.78 is 11.2. The van der Waals surface area contributed by atoms with Crippen LogP contribution in [0.1, 0.15) is 40.6 Å². The molecule has 6 heteroatoms. The van der Waals surface area contributed by atoms with E-state index < -0.39 is 6.23 Å². The van der Waals surface area contributed by atoms with Crippen molar-refractivity contribution in [2.24, 2.45) is 0 Å². The number of anilines is 1. The van der Waals surface area contributed by atoms with Crippen LogP contribution in [0.25, 0.3) is 0 Å². The summed E-state index contributed by atoms with van der Waals surface area (Å²) in [6, 6.07) is 24.9. The Morgan fingerprint density at radius 3 is 2.64 bits per heavy atom. The molecule has 1 aliphatic rings. The number of para-hydroxylation sites is 2. The van der Waals surface area contributed by atoms with Gasteiger partial charge in [0.15, 0.2) is 6.23 Å². The minimum atomic E-state index is -0.618. The van der Waals surface area contributed by atoms with Gasteiger partial charge in [0.25, 0.3) is 11.8 Å². The van der Waals surface area contributed by atoms with Gasteiger partial charge in [-0.2, -0.15) is 0 Å². The average molecular weight is 445 g/mol. The molecule has 1 N–H and O–H groups in total. The first kappa shape index (κ1) is 22.6. The van der Waals surface area contributed by atoms with Gasteiger partial charge < -0.3 is 14.8 Å². The van der Waals surface area contributed by atoms with Crippen molar-refractivity contribution in [1.29, 1.82) is 0 Å². The number of amides is 2. The lowest BCUT2D eigenvalue weighted by Crippen LogP contribution is -2.29. The normalized spacial score (nSPS) is 15.5. The first-order valence-corrected chi connectivity index (χ1v) is 11.2. The fourth-order valence-electron chi connectivity index (χ4n) is 4.00. The maximum Gasteiger partial charge on any atom is 0.255 e. The molecule has 0 bridgehead atoms. The molecule has 0 aromatic heterocycles. The quantitative estimate of drug-likeness (QED) is 0.493. The van der Waals surface area contributed by atoms with E-state index in [1.807, 2.05) is 48.5 Å². The molecule has 0 spiro atoms. The molecule has 1 unspecified atom stereocenters. The van der Waals surface area contributed by atoms with Crippen LogP contribution in [0, 0.1) is 0 Å². The van der Waals surface area contributed by atoms with Crippen LogP contribution < -0.4 is 15.0 Å². The van der Waals surface area contributed by atoms with Gasteiger partial charge in [0.05, 0.1) is 12.8 Å². The summed E-state index contributed by atoms with van der Waals surface area (Å²) in [7, 11) is 1.57. The van der Waals surface area contributed by atoms with Gasteiger partial charge >= 0.3 is 0 Å². The summed E-state index contributed by atoms with van der Waals surface area (Å²) in [5.74, 6) is 0.299. The van der Waals surface area contributed by atoms with Crippen molar-refractivity contribution in [1.82, 2.24) is 5.32 Å². The molecular formula is C27H28N2O4.